The Morgan fingerprint density at radius 3 is 2.95 bits per heavy atom. The van der Waals surface area contributed by atoms with Gasteiger partial charge in [0.15, 0.2) is 0 Å². The van der Waals surface area contributed by atoms with Gasteiger partial charge in [-0.15, -0.1) is 0 Å². The van der Waals surface area contributed by atoms with Crippen LogP contribution < -0.4 is 5.73 Å². The Hall–Kier alpha value is -0.980. The number of hydrogen-bond acceptors (Lipinski definition) is 6. The highest BCUT2D eigenvalue weighted by Gasteiger charge is 2.32. The predicted octanol–water partition coefficient (Wildman–Crippen LogP) is 1.67. The van der Waals surface area contributed by atoms with Crippen molar-refractivity contribution in [3.63, 3.8) is 0 Å². The van der Waals surface area contributed by atoms with E-state index in [0.29, 0.717) is 18.1 Å². The van der Waals surface area contributed by atoms with E-state index in [4.69, 9.17) is 15.0 Å². The van der Waals surface area contributed by atoms with Gasteiger partial charge in [-0.25, -0.2) is 0 Å². The molecule has 1 aliphatic carbocycles. The van der Waals surface area contributed by atoms with Gasteiger partial charge in [0.25, 0.3) is 0 Å². The number of morpholine rings is 1. The van der Waals surface area contributed by atoms with Gasteiger partial charge in [-0.3, -0.25) is 4.90 Å². The lowest BCUT2D eigenvalue weighted by Gasteiger charge is -2.30. The maximum atomic E-state index is 6.37. The lowest BCUT2D eigenvalue weighted by atomic mass is 9.95. The van der Waals surface area contributed by atoms with Crippen molar-refractivity contribution >= 4 is 0 Å². The minimum atomic E-state index is -0.147. The van der Waals surface area contributed by atoms with Gasteiger partial charge in [0.1, 0.15) is 6.10 Å². The van der Waals surface area contributed by atoms with E-state index in [1.165, 1.54) is 12.8 Å². The molecule has 118 valence electrons. The van der Waals surface area contributed by atoms with Crippen LogP contribution in [0.3, 0.4) is 0 Å². The molecule has 0 amide bonds. The molecule has 6 heteroatoms. The van der Waals surface area contributed by atoms with Crippen molar-refractivity contribution in [2.75, 3.05) is 26.2 Å². The number of hydrogen-bond donors (Lipinski definition) is 1. The Kier molecular flexibility index (Phi) is 4.57. The molecule has 1 aromatic rings. The Balaban J connectivity index is 1.61. The molecule has 1 unspecified atom stereocenters. The van der Waals surface area contributed by atoms with Gasteiger partial charge in [-0.05, 0) is 25.8 Å². The summed E-state index contributed by atoms with van der Waals surface area (Å²) in [4.78, 5) is 6.92. The zero-order chi connectivity index (χ0) is 14.7. The summed E-state index contributed by atoms with van der Waals surface area (Å²) in [6.07, 6.45) is 6.28. The lowest BCUT2D eigenvalue weighted by Crippen LogP contribution is -2.39. The zero-order valence-corrected chi connectivity index (χ0v) is 12.9. The number of aromatic nitrogens is 2. The quantitative estimate of drug-likeness (QED) is 0.890. The average Bonchev–Trinajstić information content (AvgIpc) is 3.09. The van der Waals surface area contributed by atoms with E-state index in [1.807, 2.05) is 0 Å². The fraction of sp³-hybridized carbons (Fsp3) is 0.867. The minimum Gasteiger partial charge on any atom is -0.367 e. The van der Waals surface area contributed by atoms with Gasteiger partial charge in [0, 0.05) is 25.0 Å². The molecule has 0 radical (unpaired) electrons. The molecule has 0 bridgehead atoms. The predicted molar refractivity (Wildman–Crippen MR) is 78.8 cm³/mol. The third kappa shape index (κ3) is 3.62. The molecule has 1 atom stereocenters. The standard InChI is InChI=1S/C15H26N4O2/c1-2-7-19-8-9-20-12(11-19)14-17-13(21-18-14)10-15(16)5-3-4-6-15/h12H,2-11,16H2,1H3. The second kappa shape index (κ2) is 6.42. The monoisotopic (exact) mass is 294 g/mol. The second-order valence-electron chi connectivity index (χ2n) is 6.45. The molecule has 6 nitrogen and oxygen atoms in total. The van der Waals surface area contributed by atoms with E-state index >= 15 is 0 Å². The van der Waals surface area contributed by atoms with Crippen LogP contribution >= 0.6 is 0 Å². The van der Waals surface area contributed by atoms with Crippen LogP contribution in [0.25, 0.3) is 0 Å². The second-order valence-corrected chi connectivity index (χ2v) is 6.45. The largest absolute Gasteiger partial charge is 0.367 e. The molecule has 2 fully saturated rings. The number of nitrogens with zero attached hydrogens (tertiary/aromatic N) is 3. The molecule has 1 saturated heterocycles. The summed E-state index contributed by atoms with van der Waals surface area (Å²) in [5, 5.41) is 4.11. The van der Waals surface area contributed by atoms with E-state index in [9.17, 15) is 0 Å². The molecule has 1 aromatic heterocycles. The summed E-state index contributed by atoms with van der Waals surface area (Å²) in [6, 6.07) is 0. The molecule has 0 aromatic carbocycles. The van der Waals surface area contributed by atoms with E-state index in [-0.39, 0.29) is 11.6 Å². The van der Waals surface area contributed by atoms with E-state index < -0.39 is 0 Å². The van der Waals surface area contributed by atoms with Crippen LogP contribution in [0.2, 0.25) is 0 Å². The third-order valence-electron chi connectivity index (χ3n) is 4.56. The van der Waals surface area contributed by atoms with Crippen LogP contribution in [-0.2, 0) is 11.2 Å². The fourth-order valence-electron chi connectivity index (χ4n) is 3.41. The highest BCUT2D eigenvalue weighted by molar-refractivity contribution is 5.00. The SMILES string of the molecule is CCCN1CCOC(c2noc(CC3(N)CCCC3)n2)C1. The molecule has 2 aliphatic rings. The van der Waals surface area contributed by atoms with Gasteiger partial charge < -0.3 is 15.0 Å². The van der Waals surface area contributed by atoms with Crippen LogP contribution in [0, 0.1) is 0 Å². The fourth-order valence-corrected chi connectivity index (χ4v) is 3.41. The molecule has 2 heterocycles. The summed E-state index contributed by atoms with van der Waals surface area (Å²) in [5.41, 5.74) is 6.23. The molecular formula is C15H26N4O2. The summed E-state index contributed by atoms with van der Waals surface area (Å²) < 4.78 is 11.2. The Bertz CT molecular complexity index is 454. The Morgan fingerprint density at radius 2 is 2.19 bits per heavy atom. The van der Waals surface area contributed by atoms with Crippen molar-refractivity contribution in [1.29, 1.82) is 0 Å². The number of rotatable bonds is 5. The van der Waals surface area contributed by atoms with Crippen molar-refractivity contribution in [2.24, 2.45) is 5.73 Å². The zero-order valence-electron chi connectivity index (χ0n) is 12.9. The smallest absolute Gasteiger partial charge is 0.228 e. The molecule has 3 rings (SSSR count). The van der Waals surface area contributed by atoms with Crippen LogP contribution in [-0.4, -0.2) is 46.8 Å². The third-order valence-corrected chi connectivity index (χ3v) is 4.56. The molecular weight excluding hydrogens is 268 g/mol. The van der Waals surface area contributed by atoms with Crippen LogP contribution in [0.15, 0.2) is 4.52 Å². The maximum absolute atomic E-state index is 6.37. The molecule has 1 aliphatic heterocycles. The molecule has 21 heavy (non-hydrogen) atoms. The highest BCUT2D eigenvalue weighted by atomic mass is 16.5. The summed E-state index contributed by atoms with van der Waals surface area (Å²) in [7, 11) is 0. The van der Waals surface area contributed by atoms with Crippen molar-refractivity contribution < 1.29 is 9.26 Å². The molecule has 1 saturated carbocycles. The van der Waals surface area contributed by atoms with E-state index in [0.717, 1.165) is 45.5 Å². The Labute approximate surface area is 126 Å². The minimum absolute atomic E-state index is 0.0693. The van der Waals surface area contributed by atoms with Gasteiger partial charge >= 0.3 is 0 Å². The summed E-state index contributed by atoms with van der Waals surface area (Å²) in [5.74, 6) is 1.33. The first-order valence-corrected chi connectivity index (χ1v) is 8.14. The van der Waals surface area contributed by atoms with E-state index in [1.54, 1.807) is 0 Å². The normalized spacial score (nSPS) is 26.3. The first-order chi connectivity index (χ1) is 10.2. The molecule has 2 N–H and O–H groups in total. The summed E-state index contributed by atoms with van der Waals surface area (Å²) >= 11 is 0. The topological polar surface area (TPSA) is 77.4 Å². The maximum Gasteiger partial charge on any atom is 0.228 e. The van der Waals surface area contributed by atoms with Crippen LogP contribution in [0.5, 0.6) is 0 Å². The van der Waals surface area contributed by atoms with Gasteiger partial charge in [-0.2, -0.15) is 4.98 Å². The first kappa shape index (κ1) is 14.9. The van der Waals surface area contributed by atoms with Gasteiger partial charge in [-0.1, -0.05) is 24.9 Å². The van der Waals surface area contributed by atoms with Crippen molar-refractivity contribution in [3.05, 3.63) is 11.7 Å². The number of nitrogens with two attached hydrogens (primary N) is 1. The van der Waals surface area contributed by atoms with Crippen molar-refractivity contribution in [2.45, 2.75) is 57.1 Å². The van der Waals surface area contributed by atoms with E-state index in [2.05, 4.69) is 22.0 Å². The number of ether oxygens (including phenoxy) is 1. The first-order valence-electron chi connectivity index (χ1n) is 8.14. The Morgan fingerprint density at radius 1 is 1.38 bits per heavy atom. The lowest BCUT2D eigenvalue weighted by molar-refractivity contribution is -0.0350. The molecule has 0 spiro atoms. The average molecular weight is 294 g/mol. The van der Waals surface area contributed by atoms with Gasteiger partial charge in [0.05, 0.1) is 6.61 Å². The van der Waals surface area contributed by atoms with Gasteiger partial charge in [0.2, 0.25) is 11.7 Å². The van der Waals surface area contributed by atoms with Crippen LogP contribution in [0.4, 0.5) is 0 Å². The van der Waals surface area contributed by atoms with Crippen LogP contribution in [0.1, 0.15) is 56.8 Å². The summed E-state index contributed by atoms with van der Waals surface area (Å²) in [6.45, 7) is 5.85. The highest BCUT2D eigenvalue weighted by Crippen LogP contribution is 2.30. The van der Waals surface area contributed by atoms with Crippen molar-refractivity contribution in [3.8, 4) is 0 Å². The van der Waals surface area contributed by atoms with Crippen molar-refractivity contribution in [1.82, 2.24) is 15.0 Å².